The van der Waals surface area contributed by atoms with Crippen LogP contribution in [0.3, 0.4) is 0 Å². The van der Waals surface area contributed by atoms with Crippen molar-refractivity contribution in [2.24, 2.45) is 52.3 Å². The van der Waals surface area contributed by atoms with E-state index in [1.54, 1.807) is 42.5 Å². The minimum atomic E-state index is -0.378. The van der Waals surface area contributed by atoms with E-state index >= 15 is 0 Å². The highest BCUT2D eigenvalue weighted by Gasteiger charge is 2.60. The van der Waals surface area contributed by atoms with Gasteiger partial charge in [-0.05, 0) is 128 Å². The van der Waals surface area contributed by atoms with E-state index in [0.29, 0.717) is 44.6 Å². The molecule has 2 aromatic carbocycles. The molecule has 4 saturated carbocycles. The van der Waals surface area contributed by atoms with Gasteiger partial charge in [0.1, 0.15) is 6.10 Å². The number of hydrogen-bond donors (Lipinski definition) is 0. The van der Waals surface area contributed by atoms with Crippen LogP contribution < -0.4 is 0 Å². The number of hydrogen-bond acceptors (Lipinski definition) is 4. The first kappa shape index (κ1) is 31.8. The van der Waals surface area contributed by atoms with Gasteiger partial charge in [-0.2, -0.15) is 0 Å². The summed E-state index contributed by atoms with van der Waals surface area (Å²) in [6.45, 7) is 12.5. The zero-order chi connectivity index (χ0) is 32.4. The average Bonchev–Trinajstić information content (AvgIpc) is 3.40. The van der Waals surface area contributed by atoms with Crippen LogP contribution in [0.25, 0.3) is 0 Å². The third kappa shape index (κ3) is 5.21. The average molecular weight is 623 g/mol. The largest absolute Gasteiger partial charge is 0.459 e. The van der Waals surface area contributed by atoms with Crippen LogP contribution in [0.15, 0.2) is 42.5 Å². The quantitative estimate of drug-likeness (QED) is 0.246. The van der Waals surface area contributed by atoms with Gasteiger partial charge in [0.2, 0.25) is 0 Å². The second-order valence-electron chi connectivity index (χ2n) is 17.0. The molecule has 0 aliphatic heterocycles. The Morgan fingerprint density at radius 1 is 0.783 bits per heavy atom. The van der Waals surface area contributed by atoms with E-state index in [1.807, 2.05) is 0 Å². The molecule has 0 N–H and O–H groups in total. The molecule has 0 heterocycles. The van der Waals surface area contributed by atoms with E-state index in [-0.39, 0.29) is 23.6 Å². The third-order valence-electron chi connectivity index (χ3n) is 14.3. The Morgan fingerprint density at radius 3 is 2.20 bits per heavy atom. The summed E-state index contributed by atoms with van der Waals surface area (Å²) in [5.41, 5.74) is 2.70. The first-order valence-corrected chi connectivity index (χ1v) is 18.5. The molecule has 0 spiro atoms. The topological polar surface area (TPSA) is 60.4 Å². The van der Waals surface area contributed by atoms with Crippen molar-refractivity contribution in [1.29, 1.82) is 0 Å². The van der Waals surface area contributed by atoms with Crippen LogP contribution in [0.1, 0.15) is 154 Å². The summed E-state index contributed by atoms with van der Waals surface area (Å²) in [4.78, 5) is 39.7. The predicted octanol–water partition coefficient (Wildman–Crippen LogP) is 10.1. The number of rotatable bonds is 7. The number of benzene rings is 2. The zero-order valence-electron chi connectivity index (χ0n) is 28.8. The van der Waals surface area contributed by atoms with Crippen molar-refractivity contribution >= 4 is 17.5 Å². The SMILES string of the molecule is CC(C)CCC[C@@H](C)[C@H]1CC[C@H]2[C@@H]3CCC4C[C@H](OC(=O)c5ccc6c(c5)C(=O)c5ccccc5C6=O)CC[C@]4(C)[C@H]3CC[C@]12C. The van der Waals surface area contributed by atoms with Crippen LogP contribution in [0, 0.1) is 52.3 Å². The number of esters is 1. The maximum atomic E-state index is 13.4. The molecule has 0 radical (unpaired) electrons. The minimum absolute atomic E-state index is 0.0902. The van der Waals surface area contributed by atoms with E-state index in [0.717, 1.165) is 54.8 Å². The van der Waals surface area contributed by atoms with E-state index in [2.05, 4.69) is 34.6 Å². The second-order valence-corrected chi connectivity index (χ2v) is 17.0. The Morgan fingerprint density at radius 2 is 1.46 bits per heavy atom. The molecule has 9 atom stereocenters. The number of ketones is 2. The molecule has 0 aromatic heterocycles. The number of carbonyl (C=O) groups is 3. The van der Waals surface area contributed by atoms with Gasteiger partial charge in [-0.25, -0.2) is 4.79 Å². The third-order valence-corrected chi connectivity index (χ3v) is 14.3. The van der Waals surface area contributed by atoms with Crippen molar-refractivity contribution in [3.8, 4) is 0 Å². The number of carbonyl (C=O) groups excluding carboxylic acids is 3. The lowest BCUT2D eigenvalue weighted by Gasteiger charge is -2.61. The maximum absolute atomic E-state index is 13.4. The lowest BCUT2D eigenvalue weighted by atomic mass is 9.44. The molecule has 46 heavy (non-hydrogen) atoms. The first-order chi connectivity index (χ1) is 22.0. The summed E-state index contributed by atoms with van der Waals surface area (Å²) in [6, 6.07) is 11.8. The standard InChI is InChI=1S/C42H54O4/c1-25(2)9-8-10-26(3)35-17-18-36-33-16-14-28-24-29(19-21-41(28,4)37(33)20-22-42(35,36)5)46-40(45)27-13-15-32-34(23-27)39(44)31-12-7-6-11-30(31)38(32)43/h6-7,11-13,15,23,25-26,28-29,33,35-37H,8-10,14,16-22,24H2,1-5H3/t26-,28?,29-,33+,35-,36+,37+,41+,42-/m1/s1. The van der Waals surface area contributed by atoms with Gasteiger partial charge in [0.25, 0.3) is 0 Å². The van der Waals surface area contributed by atoms with Crippen LogP contribution in [0.2, 0.25) is 0 Å². The predicted molar refractivity (Wildman–Crippen MR) is 182 cm³/mol. The van der Waals surface area contributed by atoms with Gasteiger partial charge in [-0.3, -0.25) is 9.59 Å². The zero-order valence-corrected chi connectivity index (χ0v) is 28.8. The Hall–Kier alpha value is -2.75. The Kier molecular flexibility index (Phi) is 8.34. The van der Waals surface area contributed by atoms with E-state index in [1.165, 1.54) is 57.8 Å². The summed E-state index contributed by atoms with van der Waals surface area (Å²) in [7, 11) is 0. The van der Waals surface area contributed by atoms with Crippen LogP contribution in [0.4, 0.5) is 0 Å². The van der Waals surface area contributed by atoms with Gasteiger partial charge in [0.05, 0.1) is 5.56 Å². The minimum Gasteiger partial charge on any atom is -0.459 e. The summed E-state index contributed by atoms with van der Waals surface area (Å²) in [6.07, 6.45) is 15.2. The van der Waals surface area contributed by atoms with Crippen LogP contribution >= 0.6 is 0 Å². The summed E-state index contributed by atoms with van der Waals surface area (Å²) in [5.74, 6) is 4.91. The summed E-state index contributed by atoms with van der Waals surface area (Å²) >= 11 is 0. The van der Waals surface area contributed by atoms with Gasteiger partial charge >= 0.3 is 5.97 Å². The molecular weight excluding hydrogens is 568 g/mol. The molecular formula is C42H54O4. The highest BCUT2D eigenvalue weighted by atomic mass is 16.5. The van der Waals surface area contributed by atoms with Gasteiger partial charge in [0.15, 0.2) is 11.6 Å². The molecule has 0 bridgehead atoms. The molecule has 5 aliphatic rings. The van der Waals surface area contributed by atoms with Crippen molar-refractivity contribution in [2.75, 3.05) is 0 Å². The van der Waals surface area contributed by atoms with E-state index < -0.39 is 0 Å². The summed E-state index contributed by atoms with van der Waals surface area (Å²) in [5, 5.41) is 0. The second kappa shape index (κ2) is 12.0. The lowest BCUT2D eigenvalue weighted by Crippen LogP contribution is -2.54. The molecule has 5 aliphatic carbocycles. The number of ether oxygens (including phenoxy) is 1. The van der Waals surface area contributed by atoms with E-state index in [9.17, 15) is 14.4 Å². The molecule has 1 unspecified atom stereocenters. The lowest BCUT2D eigenvalue weighted by molar-refractivity contribution is -0.130. The Labute approximate surface area is 276 Å². The van der Waals surface area contributed by atoms with Gasteiger partial charge < -0.3 is 4.74 Å². The number of fused-ring (bicyclic) bond motifs is 7. The first-order valence-electron chi connectivity index (χ1n) is 18.5. The molecule has 0 saturated heterocycles. The van der Waals surface area contributed by atoms with Gasteiger partial charge in [-0.15, -0.1) is 0 Å². The molecule has 4 nitrogen and oxygen atoms in total. The van der Waals surface area contributed by atoms with E-state index in [4.69, 9.17) is 4.74 Å². The maximum Gasteiger partial charge on any atom is 0.338 e. The highest BCUT2D eigenvalue weighted by molar-refractivity contribution is 6.28. The molecule has 7 rings (SSSR count). The highest BCUT2D eigenvalue weighted by Crippen LogP contribution is 2.68. The van der Waals surface area contributed by atoms with Gasteiger partial charge in [-0.1, -0.05) is 78.1 Å². The van der Waals surface area contributed by atoms with Crippen molar-refractivity contribution in [3.63, 3.8) is 0 Å². The normalized spacial score (nSPS) is 35.4. The molecule has 4 heteroatoms. The van der Waals surface area contributed by atoms with Crippen molar-refractivity contribution in [1.82, 2.24) is 0 Å². The molecule has 4 fully saturated rings. The fourth-order valence-corrected chi connectivity index (χ4v) is 11.8. The van der Waals surface area contributed by atoms with Crippen LogP contribution in [0.5, 0.6) is 0 Å². The Bertz CT molecular complexity index is 1520. The smallest absolute Gasteiger partial charge is 0.338 e. The van der Waals surface area contributed by atoms with Crippen molar-refractivity contribution in [2.45, 2.75) is 118 Å². The van der Waals surface area contributed by atoms with Crippen molar-refractivity contribution in [3.05, 3.63) is 70.3 Å². The Balaban J connectivity index is 0.998. The molecule has 0 amide bonds. The summed E-state index contributed by atoms with van der Waals surface area (Å²) < 4.78 is 6.17. The molecule has 246 valence electrons. The fraction of sp³-hybridized carbons (Fsp3) is 0.643. The van der Waals surface area contributed by atoms with Crippen LogP contribution in [-0.2, 0) is 4.74 Å². The van der Waals surface area contributed by atoms with Crippen molar-refractivity contribution < 1.29 is 19.1 Å². The molecule has 2 aromatic rings. The fourth-order valence-electron chi connectivity index (χ4n) is 11.8. The monoisotopic (exact) mass is 622 g/mol. The van der Waals surface area contributed by atoms with Crippen LogP contribution in [-0.4, -0.2) is 23.6 Å². The van der Waals surface area contributed by atoms with Gasteiger partial charge in [0, 0.05) is 22.3 Å².